The summed E-state index contributed by atoms with van der Waals surface area (Å²) < 4.78 is 1.61. The molecule has 20 heavy (non-hydrogen) atoms. The lowest BCUT2D eigenvalue weighted by Gasteiger charge is -2.07. The fourth-order valence-corrected chi connectivity index (χ4v) is 2.00. The van der Waals surface area contributed by atoms with Gasteiger partial charge < -0.3 is 5.73 Å². The van der Waals surface area contributed by atoms with E-state index >= 15 is 0 Å². The Balaban J connectivity index is 2.45. The Hall–Kier alpha value is -2.28. The van der Waals surface area contributed by atoms with E-state index in [1.807, 2.05) is 13.8 Å². The van der Waals surface area contributed by atoms with Gasteiger partial charge in [-0.25, -0.2) is 4.68 Å². The van der Waals surface area contributed by atoms with E-state index in [9.17, 15) is 10.1 Å². The first-order valence-corrected chi connectivity index (χ1v) is 6.37. The van der Waals surface area contributed by atoms with Crippen LogP contribution in [0.4, 0.5) is 5.69 Å². The van der Waals surface area contributed by atoms with E-state index in [2.05, 4.69) is 10.3 Å². The molecular weight excluding hydrogens is 258 g/mol. The number of benzene rings is 1. The van der Waals surface area contributed by atoms with Gasteiger partial charge in [0.1, 0.15) is 0 Å². The molecule has 0 radical (unpaired) electrons. The van der Waals surface area contributed by atoms with Crippen molar-refractivity contribution in [3.63, 3.8) is 0 Å². The van der Waals surface area contributed by atoms with Gasteiger partial charge in [0.05, 0.1) is 28.5 Å². The molecule has 1 aromatic heterocycles. The van der Waals surface area contributed by atoms with Crippen LogP contribution in [0.15, 0.2) is 18.3 Å². The molecule has 2 N–H and O–H groups in total. The van der Waals surface area contributed by atoms with Crippen LogP contribution in [0, 0.1) is 24.0 Å². The maximum absolute atomic E-state index is 10.9. The van der Waals surface area contributed by atoms with Crippen molar-refractivity contribution in [1.82, 2.24) is 15.0 Å². The molecule has 2 rings (SSSR count). The molecule has 0 saturated carbocycles. The average molecular weight is 275 g/mol. The maximum atomic E-state index is 10.9. The predicted molar refractivity (Wildman–Crippen MR) is 74.7 cm³/mol. The molecule has 2 aromatic rings. The van der Waals surface area contributed by atoms with Crippen molar-refractivity contribution in [3.05, 3.63) is 45.3 Å². The highest BCUT2D eigenvalue weighted by molar-refractivity contribution is 5.52. The van der Waals surface area contributed by atoms with E-state index in [1.165, 1.54) is 0 Å². The zero-order valence-corrected chi connectivity index (χ0v) is 11.7. The summed E-state index contributed by atoms with van der Waals surface area (Å²) in [5.74, 6) is 0. The number of hydrogen-bond acceptors (Lipinski definition) is 5. The van der Waals surface area contributed by atoms with Gasteiger partial charge >= 0.3 is 0 Å². The van der Waals surface area contributed by atoms with Crippen LogP contribution in [0.1, 0.15) is 36.2 Å². The molecular formula is C13H17N5O2. The van der Waals surface area contributed by atoms with Crippen molar-refractivity contribution in [2.24, 2.45) is 5.73 Å². The maximum Gasteiger partial charge on any atom is 0.272 e. The third-order valence-electron chi connectivity index (χ3n) is 3.29. The molecule has 1 unspecified atom stereocenters. The molecule has 7 heteroatoms. The molecule has 0 amide bonds. The molecule has 0 fully saturated rings. The lowest BCUT2D eigenvalue weighted by atomic mass is 10.1. The van der Waals surface area contributed by atoms with Crippen molar-refractivity contribution < 1.29 is 4.92 Å². The second-order valence-electron chi connectivity index (χ2n) is 4.79. The first-order valence-electron chi connectivity index (χ1n) is 6.37. The third kappa shape index (κ3) is 2.53. The minimum Gasteiger partial charge on any atom is -0.323 e. The summed E-state index contributed by atoms with van der Waals surface area (Å²) in [4.78, 5) is 10.5. The normalized spacial score (nSPS) is 12.4. The molecule has 0 aliphatic heterocycles. The Morgan fingerprint density at radius 3 is 2.70 bits per heavy atom. The van der Waals surface area contributed by atoms with Crippen LogP contribution < -0.4 is 5.73 Å². The first-order chi connectivity index (χ1) is 9.43. The van der Waals surface area contributed by atoms with Gasteiger partial charge in [0.2, 0.25) is 0 Å². The quantitative estimate of drug-likeness (QED) is 0.681. The van der Waals surface area contributed by atoms with Gasteiger partial charge in [-0.1, -0.05) is 12.1 Å². The zero-order chi connectivity index (χ0) is 14.9. The third-order valence-corrected chi connectivity index (χ3v) is 3.29. The van der Waals surface area contributed by atoms with Gasteiger partial charge in [0, 0.05) is 11.6 Å². The second-order valence-corrected chi connectivity index (χ2v) is 4.79. The Kier molecular flexibility index (Phi) is 3.80. The van der Waals surface area contributed by atoms with E-state index < -0.39 is 0 Å². The van der Waals surface area contributed by atoms with Gasteiger partial charge in [-0.05, 0) is 31.9 Å². The standard InChI is InChI=1S/C13H17N5O2/c1-4-10(14)11-7-17(16-15-11)12-5-9(3)13(18(19)20)6-8(12)2/h5-7,10H,4,14H2,1-3H3. The highest BCUT2D eigenvalue weighted by Crippen LogP contribution is 2.25. The smallest absolute Gasteiger partial charge is 0.272 e. The van der Waals surface area contributed by atoms with Crippen LogP contribution in [0.2, 0.25) is 0 Å². The van der Waals surface area contributed by atoms with Crippen LogP contribution in [0.5, 0.6) is 0 Å². The summed E-state index contributed by atoms with van der Waals surface area (Å²) in [5, 5.41) is 19.0. The number of aromatic nitrogens is 3. The van der Waals surface area contributed by atoms with Crippen LogP contribution in [0.3, 0.4) is 0 Å². The summed E-state index contributed by atoms with van der Waals surface area (Å²) in [6, 6.07) is 3.14. The van der Waals surface area contributed by atoms with Crippen LogP contribution >= 0.6 is 0 Å². The molecule has 0 saturated heterocycles. The molecule has 0 bridgehead atoms. The summed E-state index contributed by atoms with van der Waals surface area (Å²) in [7, 11) is 0. The second kappa shape index (κ2) is 5.38. The van der Waals surface area contributed by atoms with Crippen molar-refractivity contribution >= 4 is 5.69 Å². The van der Waals surface area contributed by atoms with Crippen LogP contribution in [0.25, 0.3) is 5.69 Å². The Labute approximate surface area is 116 Å². The molecule has 7 nitrogen and oxygen atoms in total. The molecule has 0 spiro atoms. The SMILES string of the molecule is CCC(N)c1cn(-c2cc(C)c([N+](=O)[O-])cc2C)nn1. The molecule has 1 atom stereocenters. The monoisotopic (exact) mass is 275 g/mol. The highest BCUT2D eigenvalue weighted by Gasteiger charge is 2.16. The Bertz CT molecular complexity index is 650. The number of hydrogen-bond donors (Lipinski definition) is 1. The molecule has 1 aromatic carbocycles. The summed E-state index contributed by atoms with van der Waals surface area (Å²) >= 11 is 0. The fraction of sp³-hybridized carbons (Fsp3) is 0.385. The van der Waals surface area contributed by atoms with Gasteiger partial charge in [0.15, 0.2) is 0 Å². The predicted octanol–water partition coefficient (Wildman–Crippen LogP) is 2.20. The number of nitro groups is 1. The zero-order valence-electron chi connectivity index (χ0n) is 11.7. The van der Waals surface area contributed by atoms with Gasteiger partial charge in [-0.3, -0.25) is 10.1 Å². The Morgan fingerprint density at radius 2 is 2.10 bits per heavy atom. The first kappa shape index (κ1) is 14.1. The number of nitrogens with zero attached hydrogens (tertiary/aromatic N) is 4. The van der Waals surface area contributed by atoms with Gasteiger partial charge in [-0.15, -0.1) is 5.10 Å². The molecule has 106 valence electrons. The summed E-state index contributed by atoms with van der Waals surface area (Å²) in [6.07, 6.45) is 2.54. The van der Waals surface area contributed by atoms with E-state index in [1.54, 1.807) is 29.9 Å². The number of rotatable bonds is 4. The minimum atomic E-state index is -0.383. The lowest BCUT2D eigenvalue weighted by Crippen LogP contribution is -2.08. The minimum absolute atomic E-state index is 0.108. The number of aryl methyl sites for hydroxylation is 2. The average Bonchev–Trinajstić information content (AvgIpc) is 2.89. The highest BCUT2D eigenvalue weighted by atomic mass is 16.6. The van der Waals surface area contributed by atoms with E-state index in [0.717, 1.165) is 17.7 Å². The fourth-order valence-electron chi connectivity index (χ4n) is 2.00. The van der Waals surface area contributed by atoms with Crippen molar-refractivity contribution in [2.75, 3.05) is 0 Å². The summed E-state index contributed by atoms with van der Waals surface area (Å²) in [5.41, 5.74) is 8.86. The molecule has 0 aliphatic carbocycles. The number of nitrogens with two attached hydrogens (primary N) is 1. The van der Waals surface area contributed by atoms with Gasteiger partial charge in [0.25, 0.3) is 5.69 Å². The van der Waals surface area contributed by atoms with E-state index in [-0.39, 0.29) is 16.7 Å². The van der Waals surface area contributed by atoms with Crippen molar-refractivity contribution in [1.29, 1.82) is 0 Å². The lowest BCUT2D eigenvalue weighted by molar-refractivity contribution is -0.385. The molecule has 1 heterocycles. The van der Waals surface area contributed by atoms with Crippen molar-refractivity contribution in [2.45, 2.75) is 33.2 Å². The number of nitro benzene ring substituents is 1. The largest absolute Gasteiger partial charge is 0.323 e. The van der Waals surface area contributed by atoms with Crippen LogP contribution in [-0.2, 0) is 0 Å². The Morgan fingerprint density at radius 1 is 1.40 bits per heavy atom. The van der Waals surface area contributed by atoms with Crippen LogP contribution in [-0.4, -0.2) is 19.9 Å². The van der Waals surface area contributed by atoms with Gasteiger partial charge in [-0.2, -0.15) is 0 Å². The van der Waals surface area contributed by atoms with E-state index in [0.29, 0.717) is 11.3 Å². The van der Waals surface area contributed by atoms with E-state index in [4.69, 9.17) is 5.73 Å². The summed E-state index contributed by atoms with van der Waals surface area (Å²) in [6.45, 7) is 5.49. The van der Waals surface area contributed by atoms with Crippen molar-refractivity contribution in [3.8, 4) is 5.69 Å². The molecule has 0 aliphatic rings. The topological polar surface area (TPSA) is 99.9 Å².